The summed E-state index contributed by atoms with van der Waals surface area (Å²) in [5, 5.41) is 3.43. The summed E-state index contributed by atoms with van der Waals surface area (Å²) in [4.78, 5) is 2.44. The van der Waals surface area contributed by atoms with Gasteiger partial charge in [0.15, 0.2) is 0 Å². The molecule has 0 amide bonds. The van der Waals surface area contributed by atoms with Gasteiger partial charge in [0.25, 0.3) is 0 Å². The van der Waals surface area contributed by atoms with Crippen LogP contribution in [-0.2, 0) is 6.54 Å². The Morgan fingerprint density at radius 3 is 2.37 bits per heavy atom. The van der Waals surface area contributed by atoms with Crippen molar-refractivity contribution in [2.45, 2.75) is 39.7 Å². The van der Waals surface area contributed by atoms with Crippen LogP contribution >= 0.6 is 0 Å². The van der Waals surface area contributed by atoms with Gasteiger partial charge in [-0.2, -0.15) is 0 Å². The average Bonchev–Trinajstić information content (AvgIpc) is 2.49. The molecule has 1 N–H and O–H groups in total. The highest BCUT2D eigenvalue weighted by molar-refractivity contribution is 5.14. The number of piperidine rings is 1. The van der Waals surface area contributed by atoms with E-state index in [0.29, 0.717) is 0 Å². The molecule has 1 heterocycles. The topological polar surface area (TPSA) is 15.3 Å². The van der Waals surface area contributed by atoms with E-state index >= 15 is 0 Å². The van der Waals surface area contributed by atoms with Crippen molar-refractivity contribution in [1.29, 1.82) is 0 Å². The summed E-state index contributed by atoms with van der Waals surface area (Å²) in [7, 11) is 2.23. The molecule has 108 valence electrons. The number of benzene rings is 1. The van der Waals surface area contributed by atoms with Gasteiger partial charge in [0.1, 0.15) is 0 Å². The lowest BCUT2D eigenvalue weighted by Gasteiger charge is -2.25. The Hall–Kier alpha value is -0.860. The Labute approximate surface area is 119 Å². The van der Waals surface area contributed by atoms with Crippen LogP contribution in [0.2, 0.25) is 0 Å². The van der Waals surface area contributed by atoms with Crippen LogP contribution < -0.4 is 5.32 Å². The molecule has 0 aliphatic carbocycles. The fourth-order valence-electron chi connectivity index (χ4n) is 2.55. The second-order valence-corrected chi connectivity index (χ2v) is 5.21. The monoisotopic (exact) mass is 262 g/mol. The molecular weight excluding hydrogens is 232 g/mol. The summed E-state index contributed by atoms with van der Waals surface area (Å²) in [6.45, 7) is 8.73. The Kier molecular flexibility index (Phi) is 8.52. The normalized spacial score (nSPS) is 16.0. The van der Waals surface area contributed by atoms with Crippen molar-refractivity contribution in [1.82, 2.24) is 10.2 Å². The van der Waals surface area contributed by atoms with Crippen molar-refractivity contribution in [3.8, 4) is 0 Å². The maximum atomic E-state index is 3.43. The molecule has 2 nitrogen and oxygen atoms in total. The molecule has 0 spiro atoms. The van der Waals surface area contributed by atoms with E-state index in [1.807, 2.05) is 13.8 Å². The lowest BCUT2D eigenvalue weighted by molar-refractivity contribution is 0.266. The molecule has 1 aliphatic heterocycles. The van der Waals surface area contributed by atoms with Gasteiger partial charge in [0, 0.05) is 6.54 Å². The van der Waals surface area contributed by atoms with Gasteiger partial charge in [-0.25, -0.2) is 0 Å². The second-order valence-electron chi connectivity index (χ2n) is 5.21. The zero-order valence-electron chi connectivity index (χ0n) is 12.9. The van der Waals surface area contributed by atoms with Crippen LogP contribution in [0.3, 0.4) is 0 Å². The third-order valence-corrected chi connectivity index (χ3v) is 3.67. The fraction of sp³-hybridized carbons (Fsp3) is 0.647. The van der Waals surface area contributed by atoms with Crippen LogP contribution in [0.4, 0.5) is 0 Å². The van der Waals surface area contributed by atoms with Gasteiger partial charge in [-0.05, 0) is 57.4 Å². The molecule has 1 aromatic carbocycles. The van der Waals surface area contributed by atoms with Crippen LogP contribution in [-0.4, -0.2) is 31.6 Å². The van der Waals surface area contributed by atoms with Crippen LogP contribution in [0.5, 0.6) is 0 Å². The first-order chi connectivity index (χ1) is 9.34. The van der Waals surface area contributed by atoms with E-state index in [1.54, 1.807) is 0 Å². The Morgan fingerprint density at radius 1 is 1.11 bits per heavy atom. The molecule has 0 aromatic heterocycles. The van der Waals surface area contributed by atoms with Crippen LogP contribution in [0.25, 0.3) is 0 Å². The molecule has 0 unspecified atom stereocenters. The molecule has 1 aliphatic rings. The Morgan fingerprint density at radius 2 is 1.74 bits per heavy atom. The van der Waals surface area contributed by atoms with E-state index in [4.69, 9.17) is 0 Å². The first-order valence-corrected chi connectivity index (χ1v) is 7.78. The zero-order chi connectivity index (χ0) is 13.9. The molecule has 1 fully saturated rings. The van der Waals surface area contributed by atoms with E-state index in [0.717, 1.165) is 12.5 Å². The van der Waals surface area contributed by atoms with Crippen LogP contribution in [0, 0.1) is 5.92 Å². The van der Waals surface area contributed by atoms with Crippen LogP contribution in [0.1, 0.15) is 38.7 Å². The maximum absolute atomic E-state index is 3.43. The summed E-state index contributed by atoms with van der Waals surface area (Å²) >= 11 is 0. The Balaban J connectivity index is 0.000000861. The van der Waals surface area contributed by atoms with Gasteiger partial charge >= 0.3 is 0 Å². The molecule has 0 saturated carbocycles. The minimum absolute atomic E-state index is 0.939. The number of nitrogens with zero attached hydrogens (tertiary/aromatic N) is 1. The highest BCUT2D eigenvalue weighted by atomic mass is 15.1. The third-order valence-electron chi connectivity index (χ3n) is 3.67. The van der Waals surface area contributed by atoms with Gasteiger partial charge in [-0.3, -0.25) is 0 Å². The minimum atomic E-state index is 0.939. The number of nitrogens with one attached hydrogen (secondary N) is 1. The van der Waals surface area contributed by atoms with Gasteiger partial charge in [-0.15, -0.1) is 0 Å². The molecule has 2 heteroatoms. The summed E-state index contributed by atoms with van der Waals surface area (Å²) in [6, 6.07) is 10.7. The number of rotatable bonds is 5. The first kappa shape index (κ1) is 16.2. The predicted molar refractivity (Wildman–Crippen MR) is 84.3 cm³/mol. The number of hydrogen-bond acceptors (Lipinski definition) is 2. The predicted octanol–water partition coefficient (Wildman–Crippen LogP) is 3.53. The molecule has 1 aromatic rings. The molecular formula is C17H30N2. The lowest BCUT2D eigenvalue weighted by atomic mass is 9.94. The van der Waals surface area contributed by atoms with Gasteiger partial charge in [0.2, 0.25) is 0 Å². The highest BCUT2D eigenvalue weighted by Crippen LogP contribution is 2.16. The highest BCUT2D eigenvalue weighted by Gasteiger charge is 2.13. The maximum Gasteiger partial charge on any atom is 0.0230 e. The van der Waals surface area contributed by atoms with Gasteiger partial charge in [0.05, 0.1) is 0 Å². The average molecular weight is 262 g/mol. The van der Waals surface area contributed by atoms with Gasteiger partial charge < -0.3 is 10.2 Å². The summed E-state index contributed by atoms with van der Waals surface area (Å²) in [5.41, 5.74) is 1.42. The first-order valence-electron chi connectivity index (χ1n) is 7.78. The molecule has 1 saturated heterocycles. The van der Waals surface area contributed by atoms with Crippen molar-refractivity contribution < 1.29 is 0 Å². The van der Waals surface area contributed by atoms with Crippen molar-refractivity contribution in [2.75, 3.05) is 26.7 Å². The summed E-state index contributed by atoms with van der Waals surface area (Å²) < 4.78 is 0. The second kappa shape index (κ2) is 9.99. The molecule has 2 rings (SSSR count). The standard InChI is InChI=1S/C15H24N2.C2H6/c1-17(13-15-5-3-2-4-6-15)12-9-14-7-10-16-11-8-14;1-2/h2-6,14,16H,7-13H2,1H3;1-2H3. The Bertz CT molecular complexity index is 304. The van der Waals surface area contributed by atoms with Crippen molar-refractivity contribution in [2.24, 2.45) is 5.92 Å². The minimum Gasteiger partial charge on any atom is -0.317 e. The van der Waals surface area contributed by atoms with E-state index in [2.05, 4.69) is 47.6 Å². The SMILES string of the molecule is CC.CN(CCC1CCNCC1)Cc1ccccc1. The van der Waals surface area contributed by atoms with E-state index in [9.17, 15) is 0 Å². The third kappa shape index (κ3) is 6.74. The quantitative estimate of drug-likeness (QED) is 0.873. The van der Waals surface area contributed by atoms with E-state index in [-0.39, 0.29) is 0 Å². The van der Waals surface area contributed by atoms with Crippen LogP contribution in [0.15, 0.2) is 30.3 Å². The van der Waals surface area contributed by atoms with Crippen molar-refractivity contribution in [3.05, 3.63) is 35.9 Å². The van der Waals surface area contributed by atoms with E-state index < -0.39 is 0 Å². The lowest BCUT2D eigenvalue weighted by Crippen LogP contribution is -2.30. The fourth-order valence-corrected chi connectivity index (χ4v) is 2.55. The van der Waals surface area contributed by atoms with E-state index in [1.165, 1.54) is 44.5 Å². The molecule has 0 radical (unpaired) electrons. The molecule has 0 atom stereocenters. The van der Waals surface area contributed by atoms with Gasteiger partial charge in [-0.1, -0.05) is 44.2 Å². The summed E-state index contributed by atoms with van der Waals surface area (Å²) in [6.07, 6.45) is 4.07. The van der Waals surface area contributed by atoms with Crippen molar-refractivity contribution >= 4 is 0 Å². The van der Waals surface area contributed by atoms with Crippen molar-refractivity contribution in [3.63, 3.8) is 0 Å². The molecule has 0 bridgehead atoms. The zero-order valence-corrected chi connectivity index (χ0v) is 12.9. The summed E-state index contributed by atoms with van der Waals surface area (Å²) in [5.74, 6) is 0.939. The smallest absolute Gasteiger partial charge is 0.0230 e. The molecule has 19 heavy (non-hydrogen) atoms. The largest absolute Gasteiger partial charge is 0.317 e. The number of hydrogen-bond donors (Lipinski definition) is 1.